The van der Waals surface area contributed by atoms with E-state index in [1.54, 1.807) is 0 Å². The Labute approximate surface area is 111 Å². The summed E-state index contributed by atoms with van der Waals surface area (Å²) in [5.74, 6) is 1.05. The number of aryl methyl sites for hydroxylation is 1. The molecule has 1 N–H and O–H groups in total. The van der Waals surface area contributed by atoms with Crippen molar-refractivity contribution in [3.8, 4) is 0 Å². The van der Waals surface area contributed by atoms with Crippen molar-refractivity contribution >= 4 is 21.7 Å². The van der Waals surface area contributed by atoms with E-state index >= 15 is 0 Å². The number of anilines is 1. The highest BCUT2D eigenvalue weighted by atomic mass is 79.9. The zero-order chi connectivity index (χ0) is 12.3. The first-order chi connectivity index (χ1) is 8.22. The Kier molecular flexibility index (Phi) is 4.40. The van der Waals surface area contributed by atoms with Crippen molar-refractivity contribution in [3.63, 3.8) is 0 Å². The van der Waals surface area contributed by atoms with Crippen LogP contribution in [0.5, 0.6) is 0 Å². The topological polar surface area (TPSA) is 36.4 Å². The van der Waals surface area contributed by atoms with E-state index in [1.807, 2.05) is 6.20 Å². The van der Waals surface area contributed by atoms with Crippen LogP contribution in [-0.2, 0) is 0 Å². The SMILES string of the molecule is Cc1cnc(N2CCCC2CCCO)c(Br)c1. The molecule has 0 aliphatic carbocycles. The van der Waals surface area contributed by atoms with Gasteiger partial charge in [-0.2, -0.15) is 0 Å². The summed E-state index contributed by atoms with van der Waals surface area (Å²) in [5.41, 5.74) is 1.17. The molecule has 0 aromatic carbocycles. The minimum absolute atomic E-state index is 0.285. The largest absolute Gasteiger partial charge is 0.396 e. The van der Waals surface area contributed by atoms with Crippen LogP contribution in [0.1, 0.15) is 31.2 Å². The summed E-state index contributed by atoms with van der Waals surface area (Å²) in [6.45, 7) is 3.41. The third kappa shape index (κ3) is 2.99. The molecule has 1 atom stereocenters. The minimum Gasteiger partial charge on any atom is -0.396 e. The molecule has 17 heavy (non-hydrogen) atoms. The van der Waals surface area contributed by atoms with Crippen molar-refractivity contribution < 1.29 is 5.11 Å². The lowest BCUT2D eigenvalue weighted by atomic mass is 10.1. The maximum atomic E-state index is 8.93. The molecule has 2 rings (SSSR count). The second-order valence-electron chi connectivity index (χ2n) is 4.67. The van der Waals surface area contributed by atoms with Crippen LogP contribution in [0.25, 0.3) is 0 Å². The van der Waals surface area contributed by atoms with Gasteiger partial charge in [0.2, 0.25) is 0 Å². The molecule has 0 saturated carbocycles. The lowest BCUT2D eigenvalue weighted by Crippen LogP contribution is -2.30. The molecule has 1 aliphatic heterocycles. The fraction of sp³-hybridized carbons (Fsp3) is 0.615. The van der Waals surface area contributed by atoms with Gasteiger partial charge in [0.15, 0.2) is 0 Å². The maximum absolute atomic E-state index is 8.93. The molecule has 0 amide bonds. The average Bonchev–Trinajstić information content (AvgIpc) is 2.74. The standard InChI is InChI=1S/C13H19BrN2O/c1-10-8-12(14)13(15-9-10)16-6-2-4-11(16)5-3-7-17/h8-9,11,17H,2-7H2,1H3. The number of nitrogens with zero attached hydrogens (tertiary/aromatic N) is 2. The Bertz CT molecular complexity index is 384. The average molecular weight is 299 g/mol. The lowest BCUT2D eigenvalue weighted by Gasteiger charge is -2.26. The third-order valence-electron chi connectivity index (χ3n) is 3.30. The Balaban J connectivity index is 2.14. The predicted octanol–water partition coefficient (Wildman–Crippen LogP) is 2.89. The van der Waals surface area contributed by atoms with Crippen molar-refractivity contribution in [1.29, 1.82) is 0 Å². The van der Waals surface area contributed by atoms with E-state index in [1.165, 1.54) is 18.4 Å². The molecular formula is C13H19BrN2O. The quantitative estimate of drug-likeness (QED) is 0.928. The van der Waals surface area contributed by atoms with Gasteiger partial charge in [-0.05, 0) is 60.2 Å². The van der Waals surface area contributed by atoms with Crippen LogP contribution in [0.3, 0.4) is 0 Å². The second kappa shape index (κ2) is 5.83. The molecule has 94 valence electrons. The minimum atomic E-state index is 0.285. The molecule has 1 fully saturated rings. The van der Waals surface area contributed by atoms with E-state index in [2.05, 4.69) is 38.8 Å². The van der Waals surface area contributed by atoms with E-state index < -0.39 is 0 Å². The molecule has 4 heteroatoms. The number of pyridine rings is 1. The van der Waals surface area contributed by atoms with E-state index in [9.17, 15) is 0 Å². The second-order valence-corrected chi connectivity index (χ2v) is 5.53. The van der Waals surface area contributed by atoms with Crippen molar-refractivity contribution in [2.24, 2.45) is 0 Å². The Morgan fingerprint density at radius 2 is 2.41 bits per heavy atom. The van der Waals surface area contributed by atoms with Crippen LogP contribution < -0.4 is 4.90 Å². The van der Waals surface area contributed by atoms with E-state index in [0.717, 1.165) is 29.7 Å². The summed E-state index contributed by atoms with van der Waals surface area (Å²) in [6, 6.07) is 2.65. The van der Waals surface area contributed by atoms with Gasteiger partial charge in [0.25, 0.3) is 0 Å². The molecule has 0 bridgehead atoms. The maximum Gasteiger partial charge on any atom is 0.143 e. The summed E-state index contributed by atoms with van der Waals surface area (Å²) in [7, 11) is 0. The summed E-state index contributed by atoms with van der Waals surface area (Å²) in [5, 5.41) is 8.93. The zero-order valence-electron chi connectivity index (χ0n) is 10.2. The van der Waals surface area contributed by atoms with E-state index in [4.69, 9.17) is 5.11 Å². The van der Waals surface area contributed by atoms with Crippen LogP contribution >= 0.6 is 15.9 Å². The summed E-state index contributed by atoms with van der Waals surface area (Å²) in [6.07, 6.45) is 6.28. The van der Waals surface area contributed by atoms with Crippen LogP contribution in [0.2, 0.25) is 0 Å². The van der Waals surface area contributed by atoms with Crippen LogP contribution in [0.4, 0.5) is 5.82 Å². The summed E-state index contributed by atoms with van der Waals surface area (Å²) < 4.78 is 1.08. The highest BCUT2D eigenvalue weighted by Gasteiger charge is 2.26. The van der Waals surface area contributed by atoms with Gasteiger partial charge in [-0.15, -0.1) is 0 Å². The Morgan fingerprint density at radius 1 is 1.59 bits per heavy atom. The van der Waals surface area contributed by atoms with Gasteiger partial charge in [0.1, 0.15) is 5.82 Å². The van der Waals surface area contributed by atoms with Gasteiger partial charge < -0.3 is 10.0 Å². The number of halogens is 1. The van der Waals surface area contributed by atoms with Crippen molar-refractivity contribution in [2.45, 2.75) is 38.6 Å². The lowest BCUT2D eigenvalue weighted by molar-refractivity contribution is 0.279. The number of aliphatic hydroxyl groups excluding tert-OH is 1. The fourth-order valence-corrected chi connectivity index (χ4v) is 3.17. The first-order valence-corrected chi connectivity index (χ1v) is 7.01. The van der Waals surface area contributed by atoms with Crippen LogP contribution in [0.15, 0.2) is 16.7 Å². The molecular weight excluding hydrogens is 280 g/mol. The number of aromatic nitrogens is 1. The van der Waals surface area contributed by atoms with E-state index in [0.29, 0.717) is 6.04 Å². The molecule has 1 saturated heterocycles. The molecule has 0 radical (unpaired) electrons. The summed E-state index contributed by atoms with van der Waals surface area (Å²) >= 11 is 3.60. The van der Waals surface area contributed by atoms with Gasteiger partial charge >= 0.3 is 0 Å². The number of hydrogen-bond acceptors (Lipinski definition) is 3. The van der Waals surface area contributed by atoms with Crippen LogP contribution in [0, 0.1) is 6.92 Å². The first-order valence-electron chi connectivity index (χ1n) is 6.22. The first kappa shape index (κ1) is 12.8. The third-order valence-corrected chi connectivity index (χ3v) is 3.89. The molecule has 1 aromatic heterocycles. The number of hydrogen-bond donors (Lipinski definition) is 1. The van der Waals surface area contributed by atoms with Crippen molar-refractivity contribution in [2.75, 3.05) is 18.1 Å². The smallest absolute Gasteiger partial charge is 0.143 e. The molecule has 3 nitrogen and oxygen atoms in total. The normalized spacial score (nSPS) is 19.9. The zero-order valence-corrected chi connectivity index (χ0v) is 11.8. The van der Waals surface area contributed by atoms with Gasteiger partial charge in [-0.25, -0.2) is 4.98 Å². The molecule has 0 spiro atoms. The van der Waals surface area contributed by atoms with Gasteiger partial charge in [0, 0.05) is 25.4 Å². The highest BCUT2D eigenvalue weighted by molar-refractivity contribution is 9.10. The number of rotatable bonds is 4. The predicted molar refractivity (Wildman–Crippen MR) is 73.4 cm³/mol. The highest BCUT2D eigenvalue weighted by Crippen LogP contribution is 2.32. The van der Waals surface area contributed by atoms with Gasteiger partial charge in [-0.3, -0.25) is 0 Å². The van der Waals surface area contributed by atoms with Crippen LogP contribution in [-0.4, -0.2) is 29.3 Å². The summed E-state index contributed by atoms with van der Waals surface area (Å²) in [4.78, 5) is 6.91. The van der Waals surface area contributed by atoms with Gasteiger partial charge in [-0.1, -0.05) is 0 Å². The Hall–Kier alpha value is -0.610. The Morgan fingerprint density at radius 3 is 3.12 bits per heavy atom. The molecule has 1 aromatic rings. The molecule has 2 heterocycles. The van der Waals surface area contributed by atoms with Gasteiger partial charge in [0.05, 0.1) is 4.47 Å². The van der Waals surface area contributed by atoms with Crippen molar-refractivity contribution in [1.82, 2.24) is 4.98 Å². The molecule has 1 unspecified atom stereocenters. The fourth-order valence-electron chi connectivity index (χ4n) is 2.48. The van der Waals surface area contributed by atoms with Crippen molar-refractivity contribution in [3.05, 3.63) is 22.3 Å². The molecule has 1 aliphatic rings. The monoisotopic (exact) mass is 298 g/mol. The van der Waals surface area contributed by atoms with E-state index in [-0.39, 0.29) is 6.61 Å². The number of aliphatic hydroxyl groups is 1.